The summed E-state index contributed by atoms with van der Waals surface area (Å²) >= 11 is 0. The van der Waals surface area contributed by atoms with Crippen LogP contribution < -0.4 is 4.43 Å². The molecule has 0 radical (unpaired) electrons. The third kappa shape index (κ3) is 7.40. The first kappa shape index (κ1) is 25.5. The van der Waals surface area contributed by atoms with Gasteiger partial charge in [-0.3, -0.25) is 0 Å². The molecule has 2 aromatic carbocycles. The zero-order valence-electron chi connectivity index (χ0n) is 21.9. The molecule has 0 bridgehead atoms. The van der Waals surface area contributed by atoms with E-state index < -0.39 is 16.4 Å². The second kappa shape index (κ2) is 8.64. The average molecular weight is 451 g/mol. The fourth-order valence-electron chi connectivity index (χ4n) is 3.33. The second-order valence-corrected chi connectivity index (χ2v) is 21.9. The SMILES string of the molecule is CC(C)(C)c1cc(-c2ccc(C#C[Si](C)(C)C)cc2)cc(C(C)(C)C)c1O[Si](C)(C)C. The van der Waals surface area contributed by atoms with Crippen LogP contribution in [-0.2, 0) is 10.8 Å². The van der Waals surface area contributed by atoms with E-state index in [2.05, 4.69) is 129 Å². The van der Waals surface area contributed by atoms with E-state index >= 15 is 0 Å². The van der Waals surface area contributed by atoms with Crippen molar-refractivity contribution in [2.75, 3.05) is 0 Å². The molecule has 0 N–H and O–H groups in total. The lowest BCUT2D eigenvalue weighted by Crippen LogP contribution is -2.32. The molecule has 0 amide bonds. The summed E-state index contributed by atoms with van der Waals surface area (Å²) in [5, 5.41) is 0. The minimum Gasteiger partial charge on any atom is -0.544 e. The number of hydrogen-bond donors (Lipinski definition) is 0. The lowest BCUT2D eigenvalue weighted by Gasteiger charge is -2.34. The van der Waals surface area contributed by atoms with Crippen molar-refractivity contribution in [2.24, 2.45) is 0 Å². The molecule has 0 aromatic heterocycles. The second-order valence-electron chi connectivity index (χ2n) is 12.7. The van der Waals surface area contributed by atoms with Crippen molar-refractivity contribution in [1.29, 1.82) is 0 Å². The van der Waals surface area contributed by atoms with E-state index in [-0.39, 0.29) is 10.8 Å². The van der Waals surface area contributed by atoms with Gasteiger partial charge in [-0.1, -0.05) is 79.2 Å². The van der Waals surface area contributed by atoms with Gasteiger partial charge in [-0.15, -0.1) is 5.54 Å². The minimum atomic E-state index is -1.76. The van der Waals surface area contributed by atoms with Crippen LogP contribution in [0, 0.1) is 11.5 Å². The molecule has 0 aliphatic carbocycles. The minimum absolute atomic E-state index is 0.00620. The highest BCUT2D eigenvalue weighted by atomic mass is 28.4. The molecule has 0 unspecified atom stereocenters. The van der Waals surface area contributed by atoms with Crippen LogP contribution in [0.15, 0.2) is 36.4 Å². The van der Waals surface area contributed by atoms with Crippen molar-refractivity contribution in [2.45, 2.75) is 91.7 Å². The Labute approximate surface area is 193 Å². The zero-order chi connectivity index (χ0) is 23.8. The molecular formula is C28H42OSi2. The molecule has 1 nitrogen and oxygen atoms in total. The zero-order valence-corrected chi connectivity index (χ0v) is 23.9. The normalized spacial score (nSPS) is 12.9. The third-order valence-corrected chi connectivity index (χ3v) is 6.60. The number of benzene rings is 2. The summed E-state index contributed by atoms with van der Waals surface area (Å²) < 4.78 is 6.72. The van der Waals surface area contributed by atoms with Crippen molar-refractivity contribution in [3.05, 3.63) is 53.1 Å². The predicted molar refractivity (Wildman–Crippen MR) is 143 cm³/mol. The average Bonchev–Trinajstić information content (AvgIpc) is 2.56. The molecule has 0 aliphatic heterocycles. The first-order valence-electron chi connectivity index (χ1n) is 11.4. The van der Waals surface area contributed by atoms with Gasteiger partial charge in [-0.05, 0) is 77.0 Å². The molecule has 2 aromatic rings. The van der Waals surface area contributed by atoms with Crippen LogP contribution in [0.25, 0.3) is 11.1 Å². The molecule has 0 atom stereocenters. The number of hydrogen-bond acceptors (Lipinski definition) is 1. The van der Waals surface area contributed by atoms with E-state index in [0.29, 0.717) is 0 Å². The van der Waals surface area contributed by atoms with Gasteiger partial charge in [0.1, 0.15) is 13.8 Å². The third-order valence-electron chi connectivity index (χ3n) is 4.91. The maximum Gasteiger partial charge on any atom is 0.242 e. The Morgan fingerprint density at radius 3 is 1.48 bits per heavy atom. The topological polar surface area (TPSA) is 9.23 Å². The smallest absolute Gasteiger partial charge is 0.242 e. The summed E-state index contributed by atoms with van der Waals surface area (Å²) in [7, 11) is -3.13. The maximum atomic E-state index is 6.72. The van der Waals surface area contributed by atoms with E-state index in [1.807, 2.05) is 0 Å². The van der Waals surface area contributed by atoms with Gasteiger partial charge >= 0.3 is 0 Å². The molecule has 168 valence electrons. The molecule has 3 heteroatoms. The van der Waals surface area contributed by atoms with Crippen LogP contribution in [0.4, 0.5) is 0 Å². The van der Waals surface area contributed by atoms with Crippen LogP contribution in [0.5, 0.6) is 5.75 Å². The molecule has 31 heavy (non-hydrogen) atoms. The van der Waals surface area contributed by atoms with Crippen LogP contribution in [0.2, 0.25) is 39.3 Å². The van der Waals surface area contributed by atoms with Crippen molar-refractivity contribution in [1.82, 2.24) is 0 Å². The van der Waals surface area contributed by atoms with Crippen LogP contribution in [0.3, 0.4) is 0 Å². The standard InChI is InChI=1S/C28H42OSi2/c1-27(2,3)24-19-23(20-25(28(4,5)6)26(24)29-31(10,11)12)22-15-13-21(14-16-22)17-18-30(7,8)9/h13-16,19-20H,1-12H3. The molecule has 0 spiro atoms. The molecular weight excluding hydrogens is 408 g/mol. The van der Waals surface area contributed by atoms with Crippen molar-refractivity contribution in [3.8, 4) is 28.3 Å². The fourth-order valence-corrected chi connectivity index (χ4v) is 4.68. The summed E-state index contributed by atoms with van der Waals surface area (Å²) in [6, 6.07) is 13.4. The Bertz CT molecular complexity index is 942. The number of rotatable bonds is 3. The first-order valence-corrected chi connectivity index (χ1v) is 18.3. The fraction of sp³-hybridized carbons (Fsp3) is 0.500. The van der Waals surface area contributed by atoms with Crippen molar-refractivity contribution >= 4 is 16.4 Å². The molecule has 0 fully saturated rings. The van der Waals surface area contributed by atoms with Gasteiger partial charge < -0.3 is 4.43 Å². The first-order chi connectivity index (χ1) is 13.9. The summed E-state index contributed by atoms with van der Waals surface area (Å²) in [5.74, 6) is 4.46. The summed E-state index contributed by atoms with van der Waals surface area (Å²) in [4.78, 5) is 0. The van der Waals surface area contributed by atoms with Gasteiger partial charge in [-0.2, -0.15) is 0 Å². The summed E-state index contributed by atoms with van der Waals surface area (Å²) in [6.07, 6.45) is 0. The largest absolute Gasteiger partial charge is 0.544 e. The molecule has 2 rings (SSSR count). The van der Waals surface area contributed by atoms with Crippen molar-refractivity contribution in [3.63, 3.8) is 0 Å². The molecule has 0 saturated carbocycles. The highest BCUT2D eigenvalue weighted by Gasteiger charge is 2.30. The lowest BCUT2D eigenvalue weighted by molar-refractivity contribution is 0.478. The van der Waals surface area contributed by atoms with E-state index in [9.17, 15) is 0 Å². The molecule has 0 aliphatic rings. The maximum absolute atomic E-state index is 6.72. The lowest BCUT2D eigenvalue weighted by atomic mass is 9.77. The quantitative estimate of drug-likeness (QED) is 0.337. The summed E-state index contributed by atoms with van der Waals surface area (Å²) in [5.41, 5.74) is 9.61. The van der Waals surface area contributed by atoms with E-state index in [4.69, 9.17) is 4.43 Å². The van der Waals surface area contributed by atoms with E-state index in [1.165, 1.54) is 22.3 Å². The van der Waals surface area contributed by atoms with Crippen LogP contribution in [0.1, 0.15) is 58.2 Å². The van der Waals surface area contributed by atoms with Gasteiger partial charge in [0.15, 0.2) is 0 Å². The molecule has 0 saturated heterocycles. The Morgan fingerprint density at radius 1 is 0.677 bits per heavy atom. The highest BCUT2D eigenvalue weighted by molar-refractivity contribution is 6.83. The Balaban J connectivity index is 2.68. The van der Waals surface area contributed by atoms with Crippen LogP contribution >= 0.6 is 0 Å². The van der Waals surface area contributed by atoms with Crippen molar-refractivity contribution < 1.29 is 4.43 Å². The summed E-state index contributed by atoms with van der Waals surface area (Å²) in [6.45, 7) is 27.3. The van der Waals surface area contributed by atoms with Gasteiger partial charge in [0.2, 0.25) is 8.32 Å². The highest BCUT2D eigenvalue weighted by Crippen LogP contribution is 2.43. The van der Waals surface area contributed by atoms with Crippen LogP contribution in [-0.4, -0.2) is 16.4 Å². The van der Waals surface area contributed by atoms with E-state index in [1.54, 1.807) is 0 Å². The predicted octanol–water partition coefficient (Wildman–Crippen LogP) is 8.39. The van der Waals surface area contributed by atoms with Gasteiger partial charge in [0.25, 0.3) is 0 Å². The monoisotopic (exact) mass is 450 g/mol. The van der Waals surface area contributed by atoms with Gasteiger partial charge in [-0.25, -0.2) is 0 Å². The Morgan fingerprint density at radius 2 is 1.13 bits per heavy atom. The molecule has 0 heterocycles. The Hall–Kier alpha value is -1.77. The van der Waals surface area contributed by atoms with E-state index in [0.717, 1.165) is 11.3 Å². The van der Waals surface area contributed by atoms with Gasteiger partial charge in [0, 0.05) is 5.56 Å². The van der Waals surface area contributed by atoms with Gasteiger partial charge in [0.05, 0.1) is 0 Å². The Kier molecular flexibility index (Phi) is 7.10.